The molecule has 1 heterocycles. The predicted molar refractivity (Wildman–Crippen MR) is 132 cm³/mol. The van der Waals surface area contributed by atoms with Crippen LogP contribution in [0.25, 0.3) is 0 Å². The van der Waals surface area contributed by atoms with E-state index in [0.717, 1.165) is 9.80 Å². The molecule has 2 amide bonds. The zero-order valence-electron chi connectivity index (χ0n) is 18.7. The lowest BCUT2D eigenvalue weighted by Crippen LogP contribution is -2.31. The largest absolute Gasteiger partial charge is 0.454 e. The van der Waals surface area contributed by atoms with Gasteiger partial charge in [-0.05, 0) is 54.6 Å². The van der Waals surface area contributed by atoms with Crippen molar-refractivity contribution in [1.82, 2.24) is 0 Å². The smallest absolute Gasteiger partial charge is 0.338 e. The van der Waals surface area contributed by atoms with Crippen LogP contribution in [0.1, 0.15) is 27.1 Å². The summed E-state index contributed by atoms with van der Waals surface area (Å²) in [4.78, 5) is 62.0. The molecule has 10 nitrogen and oxygen atoms in total. The number of Topliss-reactive ketones (excluding diaryl/α,β-unsaturated/α-hetero) is 1. The van der Waals surface area contributed by atoms with Crippen LogP contribution in [-0.2, 0) is 14.3 Å². The van der Waals surface area contributed by atoms with Crippen molar-refractivity contribution in [3.8, 4) is 0 Å². The number of nitro groups is 1. The number of nitrogen functional groups attached to an aromatic ring is 1. The van der Waals surface area contributed by atoms with E-state index in [9.17, 15) is 29.3 Å². The van der Waals surface area contributed by atoms with Crippen LogP contribution in [0.5, 0.6) is 0 Å². The number of hydrogen-bond donors (Lipinski definition) is 1. The van der Waals surface area contributed by atoms with Crippen molar-refractivity contribution >= 4 is 52.4 Å². The summed E-state index contributed by atoms with van der Waals surface area (Å²) in [5, 5.41) is 10.1. The molecule has 0 spiro atoms. The Morgan fingerprint density at radius 2 is 1.69 bits per heavy atom. The number of benzene rings is 3. The third kappa shape index (κ3) is 5.41. The maximum absolute atomic E-state index is 12.9. The predicted octanol–water partition coefficient (Wildman–Crippen LogP) is 3.64. The number of hydrogen-bond acceptors (Lipinski definition) is 9. The summed E-state index contributed by atoms with van der Waals surface area (Å²) in [6, 6.07) is 17.7. The number of rotatable bonds is 8. The molecule has 0 saturated carbocycles. The number of amides is 2. The van der Waals surface area contributed by atoms with E-state index in [2.05, 4.69) is 0 Å². The molecule has 0 aliphatic carbocycles. The van der Waals surface area contributed by atoms with Gasteiger partial charge in [-0.15, -0.1) is 11.8 Å². The number of imide groups is 1. The van der Waals surface area contributed by atoms with Crippen molar-refractivity contribution in [1.29, 1.82) is 0 Å². The van der Waals surface area contributed by atoms with E-state index in [1.807, 2.05) is 6.07 Å². The lowest BCUT2D eigenvalue weighted by molar-refractivity contribution is -0.384. The van der Waals surface area contributed by atoms with E-state index in [1.54, 1.807) is 18.2 Å². The minimum absolute atomic E-state index is 0.0346. The van der Waals surface area contributed by atoms with Crippen LogP contribution in [-0.4, -0.2) is 40.3 Å². The number of carbonyl (C=O) groups excluding carboxylic acids is 4. The second kappa shape index (κ2) is 10.4. The SMILES string of the molecule is Nc1cccc(SC2CC(=O)N(c3ccc(C(=O)OCC(=O)c4ccc([N+](=O)[O-])cc4)cc3)C2=O)c1. The molecule has 0 radical (unpaired) electrons. The molecule has 1 aliphatic rings. The molecule has 11 heteroatoms. The number of ether oxygens (including phenoxy) is 1. The maximum atomic E-state index is 12.9. The third-order valence-electron chi connectivity index (χ3n) is 5.34. The monoisotopic (exact) mass is 505 g/mol. The molecule has 1 atom stereocenters. The highest BCUT2D eigenvalue weighted by molar-refractivity contribution is 8.00. The fourth-order valence-electron chi connectivity index (χ4n) is 3.53. The molecule has 4 rings (SSSR count). The molecule has 2 N–H and O–H groups in total. The van der Waals surface area contributed by atoms with Crippen molar-refractivity contribution < 1.29 is 28.8 Å². The van der Waals surface area contributed by atoms with Crippen LogP contribution in [0.4, 0.5) is 17.1 Å². The number of nitrogens with zero attached hydrogens (tertiary/aromatic N) is 2. The molecule has 3 aromatic rings. The molecule has 182 valence electrons. The van der Waals surface area contributed by atoms with Gasteiger partial charge >= 0.3 is 5.97 Å². The van der Waals surface area contributed by atoms with Gasteiger partial charge in [0.05, 0.1) is 21.4 Å². The third-order valence-corrected chi connectivity index (χ3v) is 6.52. The topological polar surface area (TPSA) is 150 Å². The van der Waals surface area contributed by atoms with E-state index in [0.29, 0.717) is 11.4 Å². The van der Waals surface area contributed by atoms with Gasteiger partial charge in [0.2, 0.25) is 11.8 Å². The highest BCUT2D eigenvalue weighted by Gasteiger charge is 2.40. The van der Waals surface area contributed by atoms with E-state index in [1.165, 1.54) is 60.3 Å². The Morgan fingerprint density at radius 3 is 2.33 bits per heavy atom. The molecule has 0 aromatic heterocycles. The van der Waals surface area contributed by atoms with E-state index >= 15 is 0 Å². The number of nitrogens with two attached hydrogens (primary N) is 1. The van der Waals surface area contributed by atoms with Gasteiger partial charge < -0.3 is 10.5 Å². The Hall–Kier alpha value is -4.51. The van der Waals surface area contributed by atoms with Crippen LogP contribution in [0.2, 0.25) is 0 Å². The van der Waals surface area contributed by atoms with E-state index in [-0.39, 0.29) is 35.0 Å². The van der Waals surface area contributed by atoms with Crippen molar-refractivity contribution in [2.24, 2.45) is 0 Å². The first-order chi connectivity index (χ1) is 17.2. The minimum atomic E-state index is -0.772. The van der Waals surface area contributed by atoms with Gasteiger partial charge in [-0.1, -0.05) is 6.07 Å². The second-order valence-corrected chi connectivity index (χ2v) is 9.08. The van der Waals surface area contributed by atoms with Gasteiger partial charge in [0, 0.05) is 34.7 Å². The van der Waals surface area contributed by atoms with Crippen LogP contribution in [0, 0.1) is 10.1 Å². The molecule has 0 bridgehead atoms. The lowest BCUT2D eigenvalue weighted by atomic mass is 10.1. The summed E-state index contributed by atoms with van der Waals surface area (Å²) in [5.41, 5.74) is 6.79. The van der Waals surface area contributed by atoms with E-state index < -0.39 is 28.5 Å². The molecular weight excluding hydrogens is 486 g/mol. The molecule has 1 saturated heterocycles. The Morgan fingerprint density at radius 1 is 1.03 bits per heavy atom. The second-order valence-electron chi connectivity index (χ2n) is 7.80. The Labute approximate surface area is 209 Å². The van der Waals surface area contributed by atoms with Gasteiger partial charge in [0.15, 0.2) is 12.4 Å². The highest BCUT2D eigenvalue weighted by Crippen LogP contribution is 2.34. The Kier molecular flexibility index (Phi) is 7.11. The minimum Gasteiger partial charge on any atom is -0.454 e. The summed E-state index contributed by atoms with van der Waals surface area (Å²) in [7, 11) is 0. The normalized spacial score (nSPS) is 15.1. The number of esters is 1. The van der Waals surface area contributed by atoms with Crippen molar-refractivity contribution in [3.05, 3.63) is 94.0 Å². The number of ketones is 1. The average Bonchev–Trinajstić information content (AvgIpc) is 3.14. The number of non-ortho nitro benzene ring substituents is 1. The summed E-state index contributed by atoms with van der Waals surface area (Å²) < 4.78 is 5.04. The number of thioether (sulfide) groups is 1. The number of anilines is 2. The van der Waals surface area contributed by atoms with Gasteiger partial charge in [0.1, 0.15) is 0 Å². The molecule has 1 unspecified atom stereocenters. The summed E-state index contributed by atoms with van der Waals surface area (Å²) in [6.45, 7) is -0.551. The standard InChI is InChI=1S/C25H19N3O7S/c26-17-2-1-3-20(12-17)36-22-13-23(30)27(24(22)31)18-8-6-16(7-9-18)25(32)35-14-21(29)15-4-10-19(11-5-15)28(33)34/h1-12,22H,13-14,26H2. The molecule has 1 fully saturated rings. The first-order valence-corrected chi connectivity index (χ1v) is 11.5. The molecule has 3 aromatic carbocycles. The molecule has 36 heavy (non-hydrogen) atoms. The van der Waals surface area contributed by atoms with Crippen LogP contribution >= 0.6 is 11.8 Å². The molecular formula is C25H19N3O7S. The first-order valence-electron chi connectivity index (χ1n) is 10.7. The number of carbonyl (C=O) groups is 4. The zero-order valence-corrected chi connectivity index (χ0v) is 19.5. The summed E-state index contributed by atoms with van der Waals surface area (Å²) in [6.07, 6.45) is 0.0346. The Bertz CT molecular complexity index is 1360. The fraction of sp³-hybridized carbons (Fsp3) is 0.120. The van der Waals surface area contributed by atoms with Crippen LogP contribution < -0.4 is 10.6 Å². The number of nitro benzene ring substituents is 1. The van der Waals surface area contributed by atoms with Gasteiger partial charge in [0.25, 0.3) is 5.69 Å². The van der Waals surface area contributed by atoms with Gasteiger partial charge in [-0.3, -0.25) is 24.5 Å². The average molecular weight is 506 g/mol. The first kappa shape index (κ1) is 24.6. The summed E-state index contributed by atoms with van der Waals surface area (Å²) in [5.74, 6) is -2.01. The van der Waals surface area contributed by atoms with Crippen molar-refractivity contribution in [2.75, 3.05) is 17.2 Å². The van der Waals surface area contributed by atoms with Crippen molar-refractivity contribution in [2.45, 2.75) is 16.6 Å². The molecule has 1 aliphatic heterocycles. The highest BCUT2D eigenvalue weighted by atomic mass is 32.2. The van der Waals surface area contributed by atoms with Crippen LogP contribution in [0.3, 0.4) is 0 Å². The van der Waals surface area contributed by atoms with Crippen LogP contribution in [0.15, 0.2) is 77.7 Å². The van der Waals surface area contributed by atoms with E-state index in [4.69, 9.17) is 10.5 Å². The van der Waals surface area contributed by atoms with Gasteiger partial charge in [-0.25, -0.2) is 9.69 Å². The van der Waals surface area contributed by atoms with Crippen molar-refractivity contribution in [3.63, 3.8) is 0 Å². The zero-order chi connectivity index (χ0) is 25.8. The lowest BCUT2D eigenvalue weighted by Gasteiger charge is -2.15. The quantitative estimate of drug-likeness (QED) is 0.121. The fourth-order valence-corrected chi connectivity index (χ4v) is 4.65. The maximum Gasteiger partial charge on any atom is 0.338 e. The Balaban J connectivity index is 1.36. The van der Waals surface area contributed by atoms with Gasteiger partial charge in [-0.2, -0.15) is 0 Å². The summed E-state index contributed by atoms with van der Waals surface area (Å²) >= 11 is 1.26.